The monoisotopic (exact) mass is 378 g/mol. The number of benzene rings is 1. The Morgan fingerprint density at radius 3 is 2.59 bits per heavy atom. The number of rotatable bonds is 5. The molecule has 1 aliphatic rings. The first-order valence-corrected chi connectivity index (χ1v) is 9.43. The van der Waals surface area contributed by atoms with Crippen molar-refractivity contribution in [3.63, 3.8) is 0 Å². The third-order valence-electron chi connectivity index (χ3n) is 4.72. The van der Waals surface area contributed by atoms with Gasteiger partial charge in [0.25, 0.3) is 0 Å². The van der Waals surface area contributed by atoms with E-state index in [9.17, 15) is 0 Å². The lowest BCUT2D eigenvalue weighted by Gasteiger charge is -2.27. The second-order valence-electron chi connectivity index (χ2n) is 6.53. The van der Waals surface area contributed by atoms with Crippen molar-refractivity contribution in [3.05, 3.63) is 78.4 Å². The van der Waals surface area contributed by atoms with E-state index >= 15 is 0 Å². The van der Waals surface area contributed by atoms with Crippen molar-refractivity contribution >= 4 is 23.0 Å². The van der Waals surface area contributed by atoms with Gasteiger partial charge in [-0.25, -0.2) is 0 Å². The average molecular weight is 379 g/mol. The molecule has 138 valence electrons. The average Bonchev–Trinajstić information content (AvgIpc) is 3.26. The van der Waals surface area contributed by atoms with Crippen molar-refractivity contribution in [2.24, 2.45) is 7.05 Å². The van der Waals surface area contributed by atoms with Crippen LogP contribution >= 0.6 is 12.2 Å². The molecular weight excluding hydrogens is 356 g/mol. The molecule has 2 atom stereocenters. The Balaban J connectivity index is 1.75. The second-order valence-corrected chi connectivity index (χ2v) is 6.92. The molecule has 27 heavy (non-hydrogen) atoms. The molecule has 0 amide bonds. The third-order valence-corrected chi connectivity index (χ3v) is 5.03. The summed E-state index contributed by atoms with van der Waals surface area (Å²) in [5.74, 6) is 0.858. The van der Waals surface area contributed by atoms with E-state index in [2.05, 4.69) is 50.4 Å². The number of pyridine rings is 1. The molecule has 5 nitrogen and oxygen atoms in total. The Hall–Kier alpha value is -2.86. The van der Waals surface area contributed by atoms with Crippen LogP contribution in [0.1, 0.15) is 30.3 Å². The quantitative estimate of drug-likeness (QED) is 0.680. The van der Waals surface area contributed by atoms with E-state index in [-0.39, 0.29) is 12.1 Å². The van der Waals surface area contributed by atoms with Gasteiger partial charge in [-0.1, -0.05) is 6.07 Å². The lowest BCUT2D eigenvalue weighted by atomic mass is 9.98. The minimum Gasteiger partial charge on any atom is -0.494 e. The highest BCUT2D eigenvalue weighted by Gasteiger charge is 2.40. The standard InChI is InChI=1S/C21H22N4OS/c1-3-26-17-9-7-16(8-10-17)25-20(15-11-13-24(2)14-15)19(23-21(25)27)18-6-4-5-12-22-18/h4-14,19-20H,3H2,1-2H3,(H,23,27)/t19-,20-/m1/s1. The topological polar surface area (TPSA) is 42.3 Å². The fourth-order valence-electron chi connectivity index (χ4n) is 3.54. The number of thiocarbonyl (C=S) groups is 1. The van der Waals surface area contributed by atoms with Crippen molar-refractivity contribution in [3.8, 4) is 5.75 Å². The Bertz CT molecular complexity index is 923. The highest BCUT2D eigenvalue weighted by atomic mass is 32.1. The molecule has 1 N–H and O–H groups in total. The van der Waals surface area contributed by atoms with E-state index in [1.165, 1.54) is 5.56 Å². The fourth-order valence-corrected chi connectivity index (χ4v) is 3.89. The van der Waals surface area contributed by atoms with Crippen LogP contribution in [0.5, 0.6) is 5.75 Å². The van der Waals surface area contributed by atoms with Gasteiger partial charge in [-0.15, -0.1) is 0 Å². The summed E-state index contributed by atoms with van der Waals surface area (Å²) in [5.41, 5.74) is 3.19. The van der Waals surface area contributed by atoms with E-state index in [0.717, 1.165) is 17.1 Å². The van der Waals surface area contributed by atoms with Gasteiger partial charge in [-0.3, -0.25) is 4.98 Å². The molecule has 4 rings (SSSR count). The van der Waals surface area contributed by atoms with Crippen molar-refractivity contribution in [1.82, 2.24) is 14.9 Å². The number of aryl methyl sites for hydroxylation is 1. The molecule has 1 aliphatic heterocycles. The summed E-state index contributed by atoms with van der Waals surface area (Å²) in [7, 11) is 2.03. The third kappa shape index (κ3) is 3.40. The summed E-state index contributed by atoms with van der Waals surface area (Å²) < 4.78 is 7.63. The van der Waals surface area contributed by atoms with E-state index in [0.29, 0.717) is 11.7 Å². The first-order valence-electron chi connectivity index (χ1n) is 9.02. The first-order chi connectivity index (χ1) is 13.2. The molecule has 0 spiro atoms. The second kappa shape index (κ2) is 7.40. The minimum absolute atomic E-state index is 0.0199. The van der Waals surface area contributed by atoms with Crippen LogP contribution in [0.15, 0.2) is 67.1 Å². The fraction of sp³-hybridized carbons (Fsp3) is 0.238. The maximum Gasteiger partial charge on any atom is 0.174 e. The maximum atomic E-state index is 5.72. The van der Waals surface area contributed by atoms with E-state index < -0.39 is 0 Å². The van der Waals surface area contributed by atoms with E-state index in [4.69, 9.17) is 17.0 Å². The summed E-state index contributed by atoms with van der Waals surface area (Å²) in [6.07, 6.45) is 6.02. The van der Waals surface area contributed by atoms with Crippen LogP contribution in [0.2, 0.25) is 0 Å². The summed E-state index contributed by atoms with van der Waals surface area (Å²) >= 11 is 5.72. The van der Waals surface area contributed by atoms with Crippen LogP contribution < -0.4 is 15.0 Å². The Morgan fingerprint density at radius 2 is 1.96 bits per heavy atom. The largest absolute Gasteiger partial charge is 0.494 e. The van der Waals surface area contributed by atoms with Crippen LogP contribution in [0, 0.1) is 0 Å². The summed E-state index contributed by atoms with van der Waals surface area (Å²) in [6.45, 7) is 2.63. The number of hydrogen-bond donors (Lipinski definition) is 1. The lowest BCUT2D eigenvalue weighted by Crippen LogP contribution is -2.29. The molecule has 6 heteroatoms. The molecule has 0 saturated carbocycles. The zero-order valence-electron chi connectivity index (χ0n) is 15.4. The molecule has 0 radical (unpaired) electrons. The molecule has 3 aromatic rings. The van der Waals surface area contributed by atoms with Gasteiger partial charge in [0.1, 0.15) is 5.75 Å². The number of nitrogens with one attached hydrogen (secondary N) is 1. The molecule has 1 aromatic carbocycles. The molecule has 0 aliphatic carbocycles. The Morgan fingerprint density at radius 1 is 1.15 bits per heavy atom. The first kappa shape index (κ1) is 17.5. The predicted octanol–water partition coefficient (Wildman–Crippen LogP) is 4.00. The number of nitrogens with zero attached hydrogens (tertiary/aromatic N) is 3. The lowest BCUT2D eigenvalue weighted by molar-refractivity contribution is 0.340. The van der Waals surface area contributed by atoms with Crippen LogP contribution in [0.3, 0.4) is 0 Å². The SMILES string of the molecule is CCOc1ccc(N2C(=S)N[C@H](c3ccccn3)[C@H]2c2ccn(C)c2)cc1. The van der Waals surface area contributed by atoms with Gasteiger partial charge < -0.3 is 19.5 Å². The summed E-state index contributed by atoms with van der Waals surface area (Å²) in [5, 5.41) is 4.17. The van der Waals surface area contributed by atoms with Crippen LogP contribution in [0.25, 0.3) is 0 Å². The Labute approximate surface area is 164 Å². The zero-order valence-corrected chi connectivity index (χ0v) is 16.2. The van der Waals surface area contributed by atoms with Gasteiger partial charge in [0, 0.05) is 31.3 Å². The normalized spacial score (nSPS) is 19.2. The van der Waals surface area contributed by atoms with Crippen LogP contribution in [-0.2, 0) is 7.05 Å². The highest BCUT2D eigenvalue weighted by Crippen LogP contribution is 2.41. The molecule has 1 fully saturated rings. The van der Waals surface area contributed by atoms with Crippen LogP contribution in [0.4, 0.5) is 5.69 Å². The molecule has 0 unspecified atom stereocenters. The maximum absolute atomic E-state index is 5.72. The molecule has 0 bridgehead atoms. The molecule has 2 aromatic heterocycles. The number of aromatic nitrogens is 2. The molecule has 1 saturated heterocycles. The van der Waals surface area contributed by atoms with Gasteiger partial charge >= 0.3 is 0 Å². The minimum atomic E-state index is -0.0207. The van der Waals surface area contributed by atoms with Crippen LogP contribution in [-0.4, -0.2) is 21.3 Å². The van der Waals surface area contributed by atoms with Crippen molar-refractivity contribution in [1.29, 1.82) is 0 Å². The smallest absolute Gasteiger partial charge is 0.174 e. The van der Waals surface area contributed by atoms with Gasteiger partial charge in [0.2, 0.25) is 0 Å². The number of anilines is 1. The predicted molar refractivity (Wildman–Crippen MR) is 111 cm³/mol. The molecular formula is C21H22N4OS. The molecule has 3 heterocycles. The Kier molecular flexibility index (Phi) is 4.81. The van der Waals surface area contributed by atoms with Crippen molar-refractivity contribution in [2.45, 2.75) is 19.0 Å². The van der Waals surface area contributed by atoms with Gasteiger partial charge in [0.15, 0.2) is 5.11 Å². The van der Waals surface area contributed by atoms with Gasteiger partial charge in [-0.05, 0) is 67.2 Å². The zero-order chi connectivity index (χ0) is 18.8. The number of ether oxygens (including phenoxy) is 1. The van der Waals surface area contributed by atoms with Crippen molar-refractivity contribution < 1.29 is 4.74 Å². The van der Waals surface area contributed by atoms with E-state index in [1.54, 1.807) is 0 Å². The highest BCUT2D eigenvalue weighted by molar-refractivity contribution is 7.80. The van der Waals surface area contributed by atoms with Gasteiger partial charge in [-0.2, -0.15) is 0 Å². The summed E-state index contributed by atoms with van der Waals surface area (Å²) in [4.78, 5) is 6.74. The van der Waals surface area contributed by atoms with Crippen molar-refractivity contribution in [2.75, 3.05) is 11.5 Å². The van der Waals surface area contributed by atoms with E-state index in [1.807, 2.05) is 50.5 Å². The van der Waals surface area contributed by atoms with Gasteiger partial charge in [0.05, 0.1) is 24.4 Å². The summed E-state index contributed by atoms with van der Waals surface area (Å²) in [6, 6.07) is 16.2. The number of hydrogen-bond acceptors (Lipinski definition) is 3.